The summed E-state index contributed by atoms with van der Waals surface area (Å²) in [5.74, 6) is 0.632. The Morgan fingerprint density at radius 2 is 1.75 bits per heavy atom. The van der Waals surface area contributed by atoms with Crippen molar-refractivity contribution in [3.63, 3.8) is 0 Å². The number of hydrogen-bond acceptors (Lipinski definition) is 6. The van der Waals surface area contributed by atoms with Crippen molar-refractivity contribution in [1.82, 2.24) is 24.5 Å². The van der Waals surface area contributed by atoms with E-state index < -0.39 is 6.61 Å². The Hall–Kier alpha value is -3.40. The Morgan fingerprint density at radius 1 is 1.00 bits per heavy atom. The maximum absolute atomic E-state index is 13.8. The van der Waals surface area contributed by atoms with Gasteiger partial charge in [-0.3, -0.25) is 19.1 Å². The highest BCUT2D eigenvalue weighted by Crippen LogP contribution is 2.57. The summed E-state index contributed by atoms with van der Waals surface area (Å²) in [6.07, 6.45) is 4.03. The van der Waals surface area contributed by atoms with Crippen LogP contribution < -0.4 is 4.90 Å². The minimum atomic E-state index is -0.509. The van der Waals surface area contributed by atoms with Crippen LogP contribution in [-0.2, 0) is 22.6 Å². The predicted octanol–water partition coefficient (Wildman–Crippen LogP) is 1.32. The Labute approximate surface area is 234 Å². The number of anilines is 1. The molecule has 10 nitrogen and oxygen atoms in total. The number of carbonyl (C=O) groups is 3. The number of hydrogen-bond donors (Lipinski definition) is 1. The van der Waals surface area contributed by atoms with Gasteiger partial charge in [0.2, 0.25) is 11.8 Å². The third-order valence-electron chi connectivity index (χ3n) is 10.1. The van der Waals surface area contributed by atoms with Gasteiger partial charge >= 0.3 is 0 Å². The van der Waals surface area contributed by atoms with E-state index in [4.69, 9.17) is 10.2 Å². The lowest BCUT2D eigenvalue weighted by molar-refractivity contribution is -0.136. The van der Waals surface area contributed by atoms with Crippen LogP contribution in [0.5, 0.6) is 0 Å². The molecule has 3 heterocycles. The van der Waals surface area contributed by atoms with Gasteiger partial charge in [0, 0.05) is 62.8 Å². The van der Waals surface area contributed by atoms with Crippen LogP contribution in [0.1, 0.15) is 58.1 Å². The number of carbonyl (C=O) groups excluding carboxylic acids is 3. The summed E-state index contributed by atoms with van der Waals surface area (Å²) in [6.45, 7) is 8.04. The first-order valence-corrected chi connectivity index (χ1v) is 14.7. The Bertz CT molecular complexity index is 1390. The first-order chi connectivity index (χ1) is 19.3. The molecule has 2 aliphatic heterocycles. The summed E-state index contributed by atoms with van der Waals surface area (Å²) < 4.78 is 1.83. The van der Waals surface area contributed by atoms with Crippen LogP contribution in [0.25, 0.3) is 0 Å². The summed E-state index contributed by atoms with van der Waals surface area (Å²) in [4.78, 5) is 47.1. The van der Waals surface area contributed by atoms with Gasteiger partial charge in [-0.1, -0.05) is 12.1 Å². The largest absolute Gasteiger partial charge is 0.387 e. The second-order valence-electron chi connectivity index (χ2n) is 12.4. The van der Waals surface area contributed by atoms with Crippen LogP contribution in [0.2, 0.25) is 0 Å². The third kappa shape index (κ3) is 4.10. The van der Waals surface area contributed by atoms with Crippen LogP contribution in [0.4, 0.5) is 5.69 Å². The lowest BCUT2D eigenvalue weighted by Crippen LogP contribution is -2.58. The zero-order chi connectivity index (χ0) is 27.8. The van der Waals surface area contributed by atoms with Crippen molar-refractivity contribution in [3.8, 4) is 0 Å². The molecule has 3 amide bonds. The van der Waals surface area contributed by atoms with E-state index in [0.29, 0.717) is 50.3 Å². The van der Waals surface area contributed by atoms with E-state index in [9.17, 15) is 14.4 Å². The summed E-state index contributed by atoms with van der Waals surface area (Å²) in [6, 6.07) is 6.46. The fourth-order valence-corrected chi connectivity index (χ4v) is 7.32. The molecule has 10 heteroatoms. The third-order valence-corrected chi connectivity index (χ3v) is 10.1. The van der Waals surface area contributed by atoms with Crippen molar-refractivity contribution in [3.05, 3.63) is 46.3 Å². The molecule has 2 saturated heterocycles. The number of rotatable bonds is 5. The molecule has 0 radical (unpaired) electrons. The number of benzene rings is 1. The molecule has 1 N–H and O–H groups in total. The zero-order valence-electron chi connectivity index (χ0n) is 23.4. The molecule has 0 unspecified atom stereocenters. The summed E-state index contributed by atoms with van der Waals surface area (Å²) in [7, 11) is 0. The van der Waals surface area contributed by atoms with E-state index in [1.54, 1.807) is 9.80 Å². The van der Waals surface area contributed by atoms with E-state index in [-0.39, 0.29) is 29.8 Å². The number of aliphatic hydroxyl groups is 1. The van der Waals surface area contributed by atoms with Gasteiger partial charge in [-0.15, -0.1) is 0 Å². The molecule has 2 aromatic rings. The normalized spacial score (nSPS) is 24.3. The van der Waals surface area contributed by atoms with Crippen molar-refractivity contribution < 1.29 is 19.5 Å². The molecule has 2 atom stereocenters. The Kier molecular flexibility index (Phi) is 5.96. The minimum absolute atomic E-state index is 0.0964. The van der Waals surface area contributed by atoms with E-state index >= 15 is 0 Å². The second-order valence-corrected chi connectivity index (χ2v) is 12.4. The molecule has 7 rings (SSSR count). The van der Waals surface area contributed by atoms with E-state index in [0.717, 1.165) is 50.0 Å². The van der Waals surface area contributed by atoms with Crippen molar-refractivity contribution in [2.24, 2.45) is 5.92 Å². The highest BCUT2D eigenvalue weighted by atomic mass is 16.3. The highest BCUT2D eigenvalue weighted by Gasteiger charge is 2.54. The standard InChI is InChI=1S/C30H38N6O4/c1-19-4-3-5-23(20(19)2)34-12-13-35(30(18-34)6-7-30)25(38)16-36-24-15-21-14-22(21)27(24)28(31-36)29(40)33-10-8-32(9-11-33)26(39)17-37/h3-5,21-22,37H,6-18H2,1-2H3/t21-,22-/m1/s1. The lowest BCUT2D eigenvalue weighted by atomic mass is 10.0. The quantitative estimate of drug-likeness (QED) is 0.607. The number of aryl methyl sites for hydroxylation is 1. The average molecular weight is 547 g/mol. The van der Waals surface area contributed by atoms with Gasteiger partial charge in [-0.2, -0.15) is 5.10 Å². The lowest BCUT2D eigenvalue weighted by Gasteiger charge is -2.44. The fraction of sp³-hybridized carbons (Fsp3) is 0.600. The van der Waals surface area contributed by atoms with Gasteiger partial charge in [-0.05, 0) is 68.6 Å². The maximum atomic E-state index is 13.8. The Balaban J connectivity index is 1.07. The number of aliphatic hydroxyl groups excluding tert-OH is 1. The number of fused-ring (bicyclic) bond motifs is 3. The first kappa shape index (κ1) is 25.6. The van der Waals surface area contributed by atoms with Crippen molar-refractivity contribution in [2.45, 2.75) is 57.5 Å². The molecule has 4 fully saturated rings. The molecular formula is C30H38N6O4. The van der Waals surface area contributed by atoms with Gasteiger partial charge in [0.15, 0.2) is 5.69 Å². The minimum Gasteiger partial charge on any atom is -0.387 e. The van der Waals surface area contributed by atoms with E-state index in [1.165, 1.54) is 16.8 Å². The topological polar surface area (TPSA) is 102 Å². The van der Waals surface area contributed by atoms with Gasteiger partial charge in [0.1, 0.15) is 13.2 Å². The number of nitrogens with zero attached hydrogens (tertiary/aromatic N) is 6. The monoisotopic (exact) mass is 546 g/mol. The van der Waals surface area contributed by atoms with Gasteiger partial charge in [0.25, 0.3) is 5.91 Å². The summed E-state index contributed by atoms with van der Waals surface area (Å²) >= 11 is 0. The predicted molar refractivity (Wildman–Crippen MR) is 148 cm³/mol. The molecule has 1 aromatic carbocycles. The number of piperazine rings is 2. The fourth-order valence-electron chi connectivity index (χ4n) is 7.32. The molecular weight excluding hydrogens is 508 g/mol. The number of amides is 3. The van der Waals surface area contributed by atoms with Crippen LogP contribution >= 0.6 is 0 Å². The van der Waals surface area contributed by atoms with E-state index in [1.807, 2.05) is 4.68 Å². The molecule has 3 aliphatic carbocycles. The first-order valence-electron chi connectivity index (χ1n) is 14.7. The van der Waals surface area contributed by atoms with Gasteiger partial charge in [-0.25, -0.2) is 0 Å². The van der Waals surface area contributed by atoms with Gasteiger partial charge in [0.05, 0.1) is 5.54 Å². The molecule has 1 spiro atoms. The SMILES string of the molecule is Cc1cccc(N2CCN(C(=O)Cn3nc(C(=O)N4CCN(C(=O)CO)CC4)c4c3C[C@H]3C[C@@H]43)C3(CC3)C2)c1C. The summed E-state index contributed by atoms with van der Waals surface area (Å²) in [5.41, 5.74) is 6.37. The molecule has 0 bridgehead atoms. The molecule has 2 saturated carbocycles. The van der Waals surface area contributed by atoms with Crippen molar-refractivity contribution in [1.29, 1.82) is 0 Å². The second kappa shape index (κ2) is 9.33. The Morgan fingerprint density at radius 3 is 2.48 bits per heavy atom. The van der Waals surface area contributed by atoms with Crippen LogP contribution in [0.15, 0.2) is 18.2 Å². The van der Waals surface area contributed by atoms with Crippen molar-refractivity contribution >= 4 is 23.4 Å². The highest BCUT2D eigenvalue weighted by molar-refractivity contribution is 5.95. The van der Waals surface area contributed by atoms with Gasteiger partial charge < -0.3 is 24.7 Å². The maximum Gasteiger partial charge on any atom is 0.274 e. The van der Waals surface area contributed by atoms with Crippen LogP contribution in [0.3, 0.4) is 0 Å². The van der Waals surface area contributed by atoms with Crippen LogP contribution in [-0.4, -0.2) is 105 Å². The number of aromatic nitrogens is 2. The summed E-state index contributed by atoms with van der Waals surface area (Å²) in [5, 5.41) is 13.9. The van der Waals surface area contributed by atoms with Crippen LogP contribution in [0, 0.1) is 19.8 Å². The smallest absolute Gasteiger partial charge is 0.274 e. The van der Waals surface area contributed by atoms with E-state index in [2.05, 4.69) is 41.8 Å². The molecule has 5 aliphatic rings. The average Bonchev–Trinajstić information content (AvgIpc) is 3.85. The van der Waals surface area contributed by atoms with Crippen molar-refractivity contribution in [2.75, 3.05) is 57.3 Å². The molecule has 40 heavy (non-hydrogen) atoms. The molecule has 212 valence electrons. The molecule has 1 aromatic heterocycles. The zero-order valence-corrected chi connectivity index (χ0v) is 23.4.